The maximum Gasteiger partial charge on any atom is 0.242 e. The van der Waals surface area contributed by atoms with Gasteiger partial charge in [-0.05, 0) is 31.0 Å². The molecular formula is C18H18N2O2. The Hall–Kier alpha value is -2.80. The van der Waals surface area contributed by atoms with Crippen LogP contribution in [0.2, 0.25) is 0 Å². The summed E-state index contributed by atoms with van der Waals surface area (Å²) in [5, 5.41) is 12.0. The van der Waals surface area contributed by atoms with Gasteiger partial charge in [-0.1, -0.05) is 42.0 Å². The molecule has 1 unspecified atom stereocenters. The highest BCUT2D eigenvalue weighted by Gasteiger charge is 2.19. The molecule has 0 saturated carbocycles. The zero-order chi connectivity index (χ0) is 15.9. The Morgan fingerprint density at radius 2 is 1.91 bits per heavy atom. The molecule has 4 heteroatoms. The molecule has 2 rings (SSSR count). The van der Waals surface area contributed by atoms with Gasteiger partial charge >= 0.3 is 0 Å². The van der Waals surface area contributed by atoms with E-state index in [1.54, 1.807) is 25.3 Å². The highest BCUT2D eigenvalue weighted by molar-refractivity contribution is 5.95. The first kappa shape index (κ1) is 15.6. The average molecular weight is 294 g/mol. The normalized spacial score (nSPS) is 11.3. The van der Waals surface area contributed by atoms with Crippen LogP contribution < -0.4 is 10.1 Å². The molecule has 0 heterocycles. The minimum absolute atomic E-state index is 0.326. The number of nitrogens with one attached hydrogen (secondary N) is 1. The van der Waals surface area contributed by atoms with E-state index in [9.17, 15) is 10.1 Å². The van der Waals surface area contributed by atoms with E-state index in [4.69, 9.17) is 4.74 Å². The van der Waals surface area contributed by atoms with Gasteiger partial charge in [-0.25, -0.2) is 0 Å². The number of carbonyl (C=O) groups is 1. The lowest BCUT2D eigenvalue weighted by molar-refractivity contribution is -0.118. The van der Waals surface area contributed by atoms with E-state index in [0.29, 0.717) is 17.9 Å². The van der Waals surface area contributed by atoms with Gasteiger partial charge in [0.15, 0.2) is 0 Å². The van der Waals surface area contributed by atoms with Crippen LogP contribution in [0.5, 0.6) is 5.75 Å². The Morgan fingerprint density at radius 3 is 2.55 bits per heavy atom. The van der Waals surface area contributed by atoms with Crippen molar-refractivity contribution in [3.8, 4) is 11.8 Å². The minimum Gasteiger partial charge on any atom is -0.495 e. The lowest BCUT2D eigenvalue weighted by atomic mass is 9.99. The number of rotatable bonds is 5. The van der Waals surface area contributed by atoms with Gasteiger partial charge in [0.1, 0.15) is 11.7 Å². The Balaban J connectivity index is 2.09. The maximum absolute atomic E-state index is 12.3. The van der Waals surface area contributed by atoms with Gasteiger partial charge in [0.25, 0.3) is 0 Å². The third-order valence-corrected chi connectivity index (χ3v) is 3.40. The first-order chi connectivity index (χ1) is 10.6. The number of anilines is 1. The van der Waals surface area contributed by atoms with Crippen molar-refractivity contribution in [1.29, 1.82) is 5.26 Å². The number of hydrogen-bond donors (Lipinski definition) is 1. The van der Waals surface area contributed by atoms with E-state index in [-0.39, 0.29) is 5.91 Å². The second kappa shape index (κ2) is 7.28. The Bertz CT molecular complexity index is 687. The third kappa shape index (κ3) is 3.86. The molecule has 0 saturated heterocycles. The fourth-order valence-corrected chi connectivity index (χ4v) is 2.12. The number of nitrogens with zero attached hydrogens (tertiary/aromatic N) is 1. The summed E-state index contributed by atoms with van der Waals surface area (Å²) in [6, 6.07) is 17.0. The molecule has 0 bridgehead atoms. The summed E-state index contributed by atoms with van der Waals surface area (Å²) in [6.45, 7) is 2.00. The highest BCUT2D eigenvalue weighted by Crippen LogP contribution is 2.24. The van der Waals surface area contributed by atoms with Crippen LogP contribution >= 0.6 is 0 Å². The van der Waals surface area contributed by atoms with Crippen molar-refractivity contribution in [2.45, 2.75) is 13.3 Å². The Kier molecular flexibility index (Phi) is 5.16. The smallest absolute Gasteiger partial charge is 0.242 e. The zero-order valence-electron chi connectivity index (χ0n) is 12.7. The fraction of sp³-hybridized carbons (Fsp3) is 0.222. The Morgan fingerprint density at radius 1 is 1.23 bits per heavy atom. The molecule has 0 spiro atoms. The van der Waals surface area contributed by atoms with Crippen molar-refractivity contribution >= 4 is 11.6 Å². The number of benzene rings is 2. The van der Waals surface area contributed by atoms with Gasteiger partial charge in [0.2, 0.25) is 5.91 Å². The molecule has 0 aliphatic rings. The maximum atomic E-state index is 12.3. The van der Waals surface area contributed by atoms with Crippen molar-refractivity contribution in [2.75, 3.05) is 12.4 Å². The highest BCUT2D eigenvalue weighted by atomic mass is 16.5. The number of hydrogen-bond acceptors (Lipinski definition) is 3. The third-order valence-electron chi connectivity index (χ3n) is 3.40. The zero-order valence-corrected chi connectivity index (χ0v) is 12.7. The van der Waals surface area contributed by atoms with Crippen LogP contribution in [0.25, 0.3) is 0 Å². The summed E-state index contributed by atoms with van der Waals surface area (Å²) in [7, 11) is 1.54. The van der Waals surface area contributed by atoms with Gasteiger partial charge in [-0.15, -0.1) is 0 Å². The second-order valence-electron chi connectivity index (χ2n) is 5.06. The molecule has 1 atom stereocenters. The topological polar surface area (TPSA) is 62.1 Å². The van der Waals surface area contributed by atoms with Crippen LogP contribution in [-0.2, 0) is 11.2 Å². The minimum atomic E-state index is -0.743. The second-order valence-corrected chi connectivity index (χ2v) is 5.06. The van der Waals surface area contributed by atoms with Crippen molar-refractivity contribution in [1.82, 2.24) is 0 Å². The molecule has 2 aromatic rings. The first-order valence-corrected chi connectivity index (χ1v) is 7.03. The number of methoxy groups -OCH3 is 1. The SMILES string of the molecule is COc1ccccc1NC(=O)C(C#N)Cc1ccc(C)cc1. The monoisotopic (exact) mass is 294 g/mol. The van der Waals surface area contributed by atoms with Crippen molar-refractivity contribution in [3.05, 3.63) is 59.7 Å². The van der Waals surface area contributed by atoms with Crippen molar-refractivity contribution in [3.63, 3.8) is 0 Å². The van der Waals surface area contributed by atoms with Gasteiger partial charge in [-0.2, -0.15) is 5.26 Å². The van der Waals surface area contributed by atoms with E-state index in [2.05, 4.69) is 11.4 Å². The molecule has 22 heavy (non-hydrogen) atoms. The van der Waals surface area contributed by atoms with Crippen LogP contribution in [0.1, 0.15) is 11.1 Å². The fourth-order valence-electron chi connectivity index (χ4n) is 2.12. The molecule has 4 nitrogen and oxygen atoms in total. The molecule has 0 radical (unpaired) electrons. The molecule has 1 N–H and O–H groups in total. The Labute approximate surface area is 130 Å². The van der Waals surface area contributed by atoms with Gasteiger partial charge in [0.05, 0.1) is 18.9 Å². The predicted molar refractivity (Wildman–Crippen MR) is 85.6 cm³/mol. The number of nitriles is 1. The molecule has 112 valence electrons. The van der Waals surface area contributed by atoms with E-state index in [1.807, 2.05) is 37.3 Å². The van der Waals surface area contributed by atoms with Crippen LogP contribution in [-0.4, -0.2) is 13.0 Å². The molecule has 0 fully saturated rings. The number of aryl methyl sites for hydroxylation is 1. The quantitative estimate of drug-likeness (QED) is 0.920. The standard InChI is InChI=1S/C18H18N2O2/c1-13-7-9-14(10-8-13)11-15(12-19)18(21)20-16-5-3-4-6-17(16)22-2/h3-10,15H,11H2,1-2H3,(H,20,21). The average Bonchev–Trinajstić information content (AvgIpc) is 2.54. The lowest BCUT2D eigenvalue weighted by Gasteiger charge is -2.13. The lowest BCUT2D eigenvalue weighted by Crippen LogP contribution is -2.23. The molecule has 2 aromatic carbocycles. The van der Waals surface area contributed by atoms with Gasteiger partial charge < -0.3 is 10.1 Å². The van der Waals surface area contributed by atoms with Crippen LogP contribution in [0.4, 0.5) is 5.69 Å². The molecule has 0 aliphatic carbocycles. The summed E-state index contributed by atoms with van der Waals surface area (Å²) >= 11 is 0. The first-order valence-electron chi connectivity index (χ1n) is 7.03. The van der Waals surface area contributed by atoms with Crippen molar-refractivity contribution < 1.29 is 9.53 Å². The van der Waals surface area contributed by atoms with Gasteiger partial charge in [-0.3, -0.25) is 4.79 Å². The predicted octanol–water partition coefficient (Wildman–Crippen LogP) is 3.32. The van der Waals surface area contributed by atoms with E-state index in [0.717, 1.165) is 11.1 Å². The molecule has 0 aliphatic heterocycles. The summed E-state index contributed by atoms with van der Waals surface area (Å²) in [5.74, 6) is -0.497. The van der Waals surface area contributed by atoms with Crippen LogP contribution in [0, 0.1) is 24.2 Å². The molecule has 1 amide bonds. The number of carbonyl (C=O) groups excluding carboxylic acids is 1. The summed E-state index contributed by atoms with van der Waals surface area (Å²) in [4.78, 5) is 12.3. The summed E-state index contributed by atoms with van der Waals surface area (Å²) in [5.41, 5.74) is 2.68. The molecule has 0 aromatic heterocycles. The van der Waals surface area contributed by atoms with Crippen LogP contribution in [0.3, 0.4) is 0 Å². The molecular weight excluding hydrogens is 276 g/mol. The van der Waals surface area contributed by atoms with E-state index in [1.165, 1.54) is 0 Å². The van der Waals surface area contributed by atoms with E-state index >= 15 is 0 Å². The largest absolute Gasteiger partial charge is 0.495 e. The van der Waals surface area contributed by atoms with Crippen LogP contribution in [0.15, 0.2) is 48.5 Å². The van der Waals surface area contributed by atoms with Crippen molar-refractivity contribution in [2.24, 2.45) is 5.92 Å². The summed E-state index contributed by atoms with van der Waals surface area (Å²) in [6.07, 6.45) is 0.387. The number of ether oxygens (including phenoxy) is 1. The number of amides is 1. The number of para-hydroxylation sites is 2. The van der Waals surface area contributed by atoms with E-state index < -0.39 is 5.92 Å². The summed E-state index contributed by atoms with van der Waals surface area (Å²) < 4.78 is 5.19. The van der Waals surface area contributed by atoms with Gasteiger partial charge in [0, 0.05) is 0 Å².